The highest BCUT2D eigenvalue weighted by Crippen LogP contribution is 2.44. The highest BCUT2D eigenvalue weighted by atomic mass is 14.9. The highest BCUT2D eigenvalue weighted by Gasteiger charge is 2.21. The first kappa shape index (κ1) is 19.1. The van der Waals surface area contributed by atoms with Crippen LogP contribution < -0.4 is 0 Å². The Balaban J connectivity index is 1.39. The normalized spacial score (nSPS) is 12.7. The van der Waals surface area contributed by atoms with E-state index in [4.69, 9.17) is 0 Å². The summed E-state index contributed by atoms with van der Waals surface area (Å²) in [4.78, 5) is 0. The van der Waals surface area contributed by atoms with Crippen molar-refractivity contribution in [2.45, 2.75) is 0 Å². The monoisotopic (exact) mass is 480 g/mol. The van der Waals surface area contributed by atoms with Gasteiger partial charge in [0.2, 0.25) is 0 Å². The lowest BCUT2D eigenvalue weighted by Gasteiger charge is -2.08. The second-order valence-electron chi connectivity index (χ2n) is 10.5. The SMILES string of the molecule is c1ccc2c(c1)c1cccc3c4ccc(-c5cccc6c7cccc8c9ccccc9n(c56)c87)cc4n2c13. The standard InChI is InChI=1S/C36H20N2/c1-3-16-31-23(8-1)26-11-6-13-28-25-19-18-21(20-33(25)37(31)35(26)28)22-10-5-14-29-30-15-7-12-27-24-9-2-4-17-32(24)38(34(22)29)36(27)30/h1-20H. The fourth-order valence-electron chi connectivity index (χ4n) is 7.30. The van der Waals surface area contributed by atoms with Crippen LogP contribution in [0.3, 0.4) is 0 Å². The van der Waals surface area contributed by atoms with Gasteiger partial charge < -0.3 is 8.80 Å². The van der Waals surface area contributed by atoms with Gasteiger partial charge >= 0.3 is 0 Å². The number of aromatic nitrogens is 2. The smallest absolute Gasteiger partial charge is 0.0620 e. The second-order valence-corrected chi connectivity index (χ2v) is 10.5. The van der Waals surface area contributed by atoms with Gasteiger partial charge in [-0.2, -0.15) is 0 Å². The molecule has 0 spiro atoms. The van der Waals surface area contributed by atoms with Crippen molar-refractivity contribution >= 4 is 76.2 Å². The van der Waals surface area contributed by atoms with Crippen molar-refractivity contribution in [2.24, 2.45) is 0 Å². The number of nitrogens with zero attached hydrogens (tertiary/aromatic N) is 2. The molecule has 0 bridgehead atoms. The molecule has 0 unspecified atom stereocenters. The summed E-state index contributed by atoms with van der Waals surface area (Å²) >= 11 is 0. The summed E-state index contributed by atoms with van der Waals surface area (Å²) in [6.45, 7) is 0. The highest BCUT2D eigenvalue weighted by molar-refractivity contribution is 6.26. The molecule has 0 N–H and O–H groups in total. The molecular formula is C36H20N2. The van der Waals surface area contributed by atoms with E-state index < -0.39 is 0 Å². The van der Waals surface area contributed by atoms with Crippen molar-refractivity contribution in [2.75, 3.05) is 0 Å². The lowest BCUT2D eigenvalue weighted by atomic mass is 9.99. The van der Waals surface area contributed by atoms with Gasteiger partial charge in [0.25, 0.3) is 0 Å². The molecule has 0 amide bonds. The molecule has 0 fully saturated rings. The maximum Gasteiger partial charge on any atom is 0.0620 e. The lowest BCUT2D eigenvalue weighted by Crippen LogP contribution is -1.87. The molecule has 0 aliphatic carbocycles. The van der Waals surface area contributed by atoms with Gasteiger partial charge in [-0.15, -0.1) is 0 Å². The van der Waals surface area contributed by atoms with Crippen LogP contribution in [0, 0.1) is 0 Å². The number of hydrogen-bond donors (Lipinski definition) is 0. The first-order valence-corrected chi connectivity index (χ1v) is 13.2. The van der Waals surface area contributed by atoms with Gasteiger partial charge in [-0.25, -0.2) is 0 Å². The predicted molar refractivity (Wildman–Crippen MR) is 161 cm³/mol. The van der Waals surface area contributed by atoms with Crippen molar-refractivity contribution in [3.8, 4) is 11.1 Å². The topological polar surface area (TPSA) is 8.82 Å². The average Bonchev–Trinajstić information content (AvgIpc) is 3.70. The molecule has 2 heteroatoms. The Morgan fingerprint density at radius 2 is 0.789 bits per heavy atom. The molecular weight excluding hydrogens is 460 g/mol. The summed E-state index contributed by atoms with van der Waals surface area (Å²) in [5, 5.41) is 10.6. The maximum absolute atomic E-state index is 2.50. The molecule has 4 heterocycles. The van der Waals surface area contributed by atoms with Gasteiger partial charge in [0.15, 0.2) is 0 Å². The average molecular weight is 481 g/mol. The van der Waals surface area contributed by atoms with Crippen molar-refractivity contribution in [3.63, 3.8) is 0 Å². The third-order valence-corrected chi connectivity index (χ3v) is 8.78. The Bertz CT molecular complexity index is 2560. The third kappa shape index (κ3) is 2.06. The molecule has 0 aliphatic heterocycles. The first-order valence-electron chi connectivity index (χ1n) is 13.2. The zero-order valence-electron chi connectivity index (χ0n) is 20.4. The van der Waals surface area contributed by atoms with E-state index in [0.717, 1.165) is 0 Å². The zero-order chi connectivity index (χ0) is 24.5. The fourth-order valence-corrected chi connectivity index (χ4v) is 7.30. The van der Waals surface area contributed by atoms with Crippen LogP contribution in [0.1, 0.15) is 0 Å². The van der Waals surface area contributed by atoms with E-state index in [-0.39, 0.29) is 0 Å². The van der Waals surface area contributed by atoms with Crippen molar-refractivity contribution in [1.29, 1.82) is 0 Å². The van der Waals surface area contributed by atoms with Crippen LogP contribution in [0.4, 0.5) is 0 Å². The van der Waals surface area contributed by atoms with Crippen LogP contribution in [0.25, 0.3) is 87.3 Å². The largest absolute Gasteiger partial charge is 0.308 e. The lowest BCUT2D eigenvalue weighted by molar-refractivity contribution is 1.36. The van der Waals surface area contributed by atoms with Gasteiger partial charge in [-0.05, 0) is 23.8 Å². The summed E-state index contributed by atoms with van der Waals surface area (Å²) in [7, 11) is 0. The molecule has 38 heavy (non-hydrogen) atoms. The number of hydrogen-bond acceptors (Lipinski definition) is 0. The Labute approximate surface area is 217 Å². The molecule has 0 atom stereocenters. The summed E-state index contributed by atoms with van der Waals surface area (Å²) in [6, 6.07) is 44.9. The van der Waals surface area contributed by atoms with E-state index in [1.165, 1.54) is 87.3 Å². The van der Waals surface area contributed by atoms with Crippen LogP contribution in [0.2, 0.25) is 0 Å². The zero-order valence-corrected chi connectivity index (χ0v) is 20.4. The summed E-state index contributed by atoms with van der Waals surface area (Å²) in [5.41, 5.74) is 10.3. The number of rotatable bonds is 1. The van der Waals surface area contributed by atoms with Crippen LogP contribution >= 0.6 is 0 Å². The van der Waals surface area contributed by atoms with Crippen LogP contribution in [0.5, 0.6) is 0 Å². The minimum atomic E-state index is 1.25. The summed E-state index contributed by atoms with van der Waals surface area (Å²) in [6.07, 6.45) is 0. The molecule has 174 valence electrons. The molecule has 0 saturated carbocycles. The van der Waals surface area contributed by atoms with E-state index in [9.17, 15) is 0 Å². The van der Waals surface area contributed by atoms with Gasteiger partial charge in [-0.3, -0.25) is 0 Å². The Morgan fingerprint density at radius 1 is 0.316 bits per heavy atom. The first-order chi connectivity index (χ1) is 18.9. The Hall–Kier alpha value is -5.08. The molecule has 10 aromatic rings. The number of para-hydroxylation sites is 5. The van der Waals surface area contributed by atoms with E-state index in [2.05, 4.69) is 130 Å². The Morgan fingerprint density at radius 3 is 1.47 bits per heavy atom. The molecule has 10 rings (SSSR count). The maximum atomic E-state index is 2.50. The summed E-state index contributed by atoms with van der Waals surface area (Å²) in [5.74, 6) is 0. The van der Waals surface area contributed by atoms with Crippen LogP contribution in [-0.2, 0) is 0 Å². The minimum Gasteiger partial charge on any atom is -0.308 e. The van der Waals surface area contributed by atoms with E-state index >= 15 is 0 Å². The van der Waals surface area contributed by atoms with Crippen molar-refractivity contribution < 1.29 is 0 Å². The fraction of sp³-hybridized carbons (Fsp3) is 0. The van der Waals surface area contributed by atoms with Gasteiger partial charge in [0, 0.05) is 48.7 Å². The van der Waals surface area contributed by atoms with E-state index in [1.807, 2.05) is 0 Å². The van der Waals surface area contributed by atoms with E-state index in [0.29, 0.717) is 0 Å². The van der Waals surface area contributed by atoms with Gasteiger partial charge in [-0.1, -0.05) is 103 Å². The molecule has 6 aromatic carbocycles. The molecule has 0 aliphatic rings. The Kier molecular flexibility index (Phi) is 3.23. The third-order valence-electron chi connectivity index (χ3n) is 8.78. The molecule has 0 saturated heterocycles. The predicted octanol–water partition coefficient (Wildman–Crippen LogP) is 9.65. The number of benzene rings is 6. The molecule has 2 nitrogen and oxygen atoms in total. The van der Waals surface area contributed by atoms with E-state index in [1.54, 1.807) is 0 Å². The van der Waals surface area contributed by atoms with Crippen LogP contribution in [0.15, 0.2) is 121 Å². The van der Waals surface area contributed by atoms with Gasteiger partial charge in [0.05, 0.1) is 33.1 Å². The molecule has 4 aromatic heterocycles. The van der Waals surface area contributed by atoms with Crippen molar-refractivity contribution in [3.05, 3.63) is 121 Å². The molecule has 0 radical (unpaired) electrons. The summed E-state index contributed by atoms with van der Waals surface area (Å²) < 4.78 is 4.97. The van der Waals surface area contributed by atoms with Crippen molar-refractivity contribution in [1.82, 2.24) is 8.80 Å². The number of fused-ring (bicyclic) bond motifs is 12. The second kappa shape index (κ2) is 6.42. The minimum absolute atomic E-state index is 1.25. The van der Waals surface area contributed by atoms with Crippen LogP contribution in [-0.4, -0.2) is 8.80 Å². The van der Waals surface area contributed by atoms with Gasteiger partial charge in [0.1, 0.15) is 0 Å². The quantitative estimate of drug-likeness (QED) is 0.221.